The number of ether oxygens (including phenoxy) is 1. The summed E-state index contributed by atoms with van der Waals surface area (Å²) in [5.41, 5.74) is 0.349. The van der Waals surface area contributed by atoms with Crippen molar-refractivity contribution in [3.8, 4) is 0 Å². The third-order valence-electron chi connectivity index (χ3n) is 4.43. The van der Waals surface area contributed by atoms with Crippen LogP contribution in [0.3, 0.4) is 0 Å². The van der Waals surface area contributed by atoms with Gasteiger partial charge in [-0.05, 0) is 17.7 Å². The van der Waals surface area contributed by atoms with E-state index in [9.17, 15) is 24.8 Å². The zero-order chi connectivity index (χ0) is 20.3. The number of aromatic nitrogens is 1. The maximum absolute atomic E-state index is 12.7. The number of carbonyl (C=O) groups is 2. The molecule has 1 atom stereocenters. The molecule has 1 saturated heterocycles. The number of nitrogens with zero attached hydrogens (tertiary/aromatic N) is 3. The summed E-state index contributed by atoms with van der Waals surface area (Å²) < 4.78 is 5.01. The van der Waals surface area contributed by atoms with Gasteiger partial charge in [-0.15, -0.1) is 0 Å². The molecule has 1 aromatic heterocycles. The molecule has 3 rings (SSSR count). The number of methoxy groups -OCH3 is 1. The zero-order valence-corrected chi connectivity index (χ0v) is 14.9. The van der Waals surface area contributed by atoms with Crippen LogP contribution in [0.5, 0.6) is 0 Å². The summed E-state index contributed by atoms with van der Waals surface area (Å²) in [5, 5.41) is 21.9. The van der Waals surface area contributed by atoms with Gasteiger partial charge in [0.2, 0.25) is 0 Å². The summed E-state index contributed by atoms with van der Waals surface area (Å²) in [7, 11) is 1.45. The highest BCUT2D eigenvalue weighted by molar-refractivity contribution is 6.46. The van der Waals surface area contributed by atoms with Gasteiger partial charge < -0.3 is 14.7 Å². The highest BCUT2D eigenvalue weighted by atomic mass is 16.6. The van der Waals surface area contributed by atoms with Crippen LogP contribution in [0, 0.1) is 10.1 Å². The number of hydrogen-bond donors (Lipinski definition) is 1. The maximum Gasteiger partial charge on any atom is 0.295 e. The number of amides is 1. The molecular weight excluding hydrogens is 366 g/mol. The van der Waals surface area contributed by atoms with E-state index >= 15 is 0 Å². The third-order valence-corrected chi connectivity index (χ3v) is 4.43. The molecule has 0 spiro atoms. The van der Waals surface area contributed by atoms with Crippen molar-refractivity contribution in [1.29, 1.82) is 0 Å². The first-order valence-corrected chi connectivity index (χ1v) is 8.37. The van der Waals surface area contributed by atoms with Crippen LogP contribution in [0.15, 0.2) is 54.4 Å². The van der Waals surface area contributed by atoms with E-state index in [1.54, 1.807) is 6.07 Å². The Morgan fingerprint density at radius 2 is 2.00 bits per heavy atom. The molecule has 0 radical (unpaired) electrons. The lowest BCUT2D eigenvalue weighted by atomic mass is 9.95. The Kier molecular flexibility index (Phi) is 5.46. The van der Waals surface area contributed by atoms with Gasteiger partial charge in [-0.1, -0.05) is 12.1 Å². The summed E-state index contributed by atoms with van der Waals surface area (Å²) in [6, 6.07) is 7.68. The SMILES string of the molecule is COCCN1C(=O)C(=O)/C(=C(/O)c2ccncc2)C1c1cccc([N+](=O)[O-])c1. The van der Waals surface area contributed by atoms with Gasteiger partial charge in [0.1, 0.15) is 5.76 Å². The molecule has 1 aromatic carbocycles. The van der Waals surface area contributed by atoms with E-state index in [4.69, 9.17) is 4.74 Å². The second-order valence-corrected chi connectivity index (χ2v) is 6.07. The summed E-state index contributed by atoms with van der Waals surface area (Å²) in [6.07, 6.45) is 2.89. The standard InChI is InChI=1S/C19H17N3O6/c1-28-10-9-21-16(13-3-2-4-14(11-13)22(26)27)15(18(24)19(21)25)17(23)12-5-7-20-8-6-12/h2-8,11,16,23H,9-10H2,1H3/b17-15+. The van der Waals surface area contributed by atoms with Crippen LogP contribution in [0.4, 0.5) is 5.69 Å². The number of aliphatic hydroxyl groups excluding tert-OH is 1. The zero-order valence-electron chi connectivity index (χ0n) is 14.9. The number of ketones is 1. The van der Waals surface area contributed by atoms with Crippen molar-refractivity contribution in [2.75, 3.05) is 20.3 Å². The molecule has 1 aliphatic rings. The van der Waals surface area contributed by atoms with Gasteiger partial charge in [-0.3, -0.25) is 24.7 Å². The molecular formula is C19H17N3O6. The quantitative estimate of drug-likeness (QED) is 0.266. The van der Waals surface area contributed by atoms with Crippen molar-refractivity contribution in [2.45, 2.75) is 6.04 Å². The molecule has 2 aromatic rings. The lowest BCUT2D eigenvalue weighted by molar-refractivity contribution is -0.384. The first-order chi connectivity index (χ1) is 13.5. The van der Waals surface area contributed by atoms with Crippen LogP contribution in [-0.4, -0.2) is 51.9 Å². The van der Waals surface area contributed by atoms with Crippen LogP contribution in [0.25, 0.3) is 5.76 Å². The molecule has 9 nitrogen and oxygen atoms in total. The predicted molar refractivity (Wildman–Crippen MR) is 98.2 cm³/mol. The molecule has 2 heterocycles. The Morgan fingerprint density at radius 1 is 1.29 bits per heavy atom. The normalized spacial score (nSPS) is 18.5. The second kappa shape index (κ2) is 7.97. The van der Waals surface area contributed by atoms with E-state index in [0.717, 1.165) is 0 Å². The van der Waals surface area contributed by atoms with Gasteiger partial charge in [-0.25, -0.2) is 0 Å². The van der Waals surface area contributed by atoms with E-state index in [0.29, 0.717) is 11.1 Å². The molecule has 144 valence electrons. The van der Waals surface area contributed by atoms with Gasteiger partial charge in [0.15, 0.2) is 0 Å². The fourth-order valence-electron chi connectivity index (χ4n) is 3.12. The molecule has 1 unspecified atom stereocenters. The number of rotatable bonds is 6. The number of aliphatic hydroxyl groups is 1. The highest BCUT2D eigenvalue weighted by Crippen LogP contribution is 2.39. The number of carbonyl (C=O) groups excluding carboxylic acids is 2. The predicted octanol–water partition coefficient (Wildman–Crippen LogP) is 2.06. The Morgan fingerprint density at radius 3 is 2.64 bits per heavy atom. The molecule has 0 bridgehead atoms. The van der Waals surface area contributed by atoms with Gasteiger partial charge in [0.25, 0.3) is 17.4 Å². The fourth-order valence-corrected chi connectivity index (χ4v) is 3.12. The van der Waals surface area contributed by atoms with Gasteiger partial charge in [-0.2, -0.15) is 0 Å². The Labute approximate surface area is 160 Å². The van der Waals surface area contributed by atoms with E-state index in [1.807, 2.05) is 0 Å². The first-order valence-electron chi connectivity index (χ1n) is 8.37. The van der Waals surface area contributed by atoms with Crippen molar-refractivity contribution in [3.63, 3.8) is 0 Å². The van der Waals surface area contributed by atoms with E-state index < -0.39 is 22.7 Å². The molecule has 0 aliphatic carbocycles. The van der Waals surface area contributed by atoms with Crippen LogP contribution in [-0.2, 0) is 14.3 Å². The van der Waals surface area contributed by atoms with E-state index in [-0.39, 0.29) is 30.2 Å². The van der Waals surface area contributed by atoms with Crippen molar-refractivity contribution in [2.24, 2.45) is 0 Å². The van der Waals surface area contributed by atoms with Crippen LogP contribution in [0.1, 0.15) is 17.2 Å². The largest absolute Gasteiger partial charge is 0.507 e. The Balaban J connectivity index is 2.18. The van der Waals surface area contributed by atoms with Crippen molar-refractivity contribution in [1.82, 2.24) is 9.88 Å². The van der Waals surface area contributed by atoms with Crippen molar-refractivity contribution < 1.29 is 24.4 Å². The minimum Gasteiger partial charge on any atom is -0.507 e. The number of benzene rings is 1. The first kappa shape index (κ1) is 19.2. The molecule has 1 aliphatic heterocycles. The molecule has 9 heteroatoms. The van der Waals surface area contributed by atoms with Gasteiger partial charge >= 0.3 is 0 Å². The minimum atomic E-state index is -0.969. The fraction of sp³-hybridized carbons (Fsp3) is 0.211. The summed E-state index contributed by atoms with van der Waals surface area (Å²) in [5.74, 6) is -2.02. The van der Waals surface area contributed by atoms with Gasteiger partial charge in [0.05, 0.1) is 23.1 Å². The van der Waals surface area contributed by atoms with E-state index in [1.165, 1.54) is 54.7 Å². The van der Waals surface area contributed by atoms with Crippen LogP contribution in [0.2, 0.25) is 0 Å². The number of nitro groups is 1. The second-order valence-electron chi connectivity index (χ2n) is 6.07. The lowest BCUT2D eigenvalue weighted by Crippen LogP contribution is -2.32. The number of non-ortho nitro benzene ring substituents is 1. The summed E-state index contributed by atoms with van der Waals surface area (Å²) in [4.78, 5) is 41.0. The molecule has 28 heavy (non-hydrogen) atoms. The van der Waals surface area contributed by atoms with Crippen LogP contribution >= 0.6 is 0 Å². The molecule has 1 fully saturated rings. The van der Waals surface area contributed by atoms with Gasteiger partial charge in [0, 0.05) is 43.7 Å². The lowest BCUT2D eigenvalue weighted by Gasteiger charge is -2.24. The maximum atomic E-state index is 12.7. The topological polar surface area (TPSA) is 123 Å². The monoisotopic (exact) mass is 383 g/mol. The highest BCUT2D eigenvalue weighted by Gasteiger charge is 2.46. The smallest absolute Gasteiger partial charge is 0.295 e. The molecule has 1 amide bonds. The number of hydrogen-bond acceptors (Lipinski definition) is 7. The van der Waals surface area contributed by atoms with Crippen molar-refractivity contribution >= 4 is 23.1 Å². The summed E-state index contributed by atoms with van der Waals surface area (Å²) >= 11 is 0. The number of Topliss-reactive ketones (excluding diaryl/α,β-unsaturated/α-hetero) is 1. The molecule has 1 N–H and O–H groups in total. The summed E-state index contributed by atoms with van der Waals surface area (Å²) in [6.45, 7) is 0.245. The average Bonchev–Trinajstić information content (AvgIpc) is 2.97. The minimum absolute atomic E-state index is 0.0849. The number of nitro benzene ring substituents is 1. The number of likely N-dealkylation sites (tertiary alicyclic amines) is 1. The Bertz CT molecular complexity index is 957. The van der Waals surface area contributed by atoms with E-state index in [2.05, 4.69) is 4.98 Å². The van der Waals surface area contributed by atoms with Crippen LogP contribution < -0.4 is 0 Å². The average molecular weight is 383 g/mol. The third kappa shape index (κ3) is 3.47. The molecule has 0 saturated carbocycles. The van der Waals surface area contributed by atoms with Crippen molar-refractivity contribution in [3.05, 3.63) is 75.6 Å². The Hall–Kier alpha value is -3.59. The number of pyridine rings is 1.